The van der Waals surface area contributed by atoms with Crippen molar-refractivity contribution >= 4 is 17.4 Å². The number of methoxy groups -OCH3 is 3. The number of aryl methyl sites for hydroxylation is 1. The fraction of sp³-hybridized carbons (Fsp3) is 0.407. The summed E-state index contributed by atoms with van der Waals surface area (Å²) in [6, 6.07) is 9.53. The quantitative estimate of drug-likeness (QED) is 0.339. The van der Waals surface area contributed by atoms with E-state index in [0.717, 1.165) is 13.1 Å². The van der Waals surface area contributed by atoms with Crippen LogP contribution in [0.2, 0.25) is 0 Å². The molecule has 2 aliphatic rings. The van der Waals surface area contributed by atoms with Gasteiger partial charge in [-0.1, -0.05) is 0 Å². The van der Waals surface area contributed by atoms with Crippen LogP contribution in [0.15, 0.2) is 42.0 Å². The highest BCUT2D eigenvalue weighted by Crippen LogP contribution is 2.44. The van der Waals surface area contributed by atoms with Gasteiger partial charge in [0.2, 0.25) is 0 Å². The fourth-order valence-corrected chi connectivity index (χ4v) is 4.73. The third-order valence-electron chi connectivity index (χ3n) is 6.72. The third kappa shape index (κ3) is 4.89. The Hall–Kier alpha value is -3.56. The molecule has 0 unspecified atom stereocenters. The number of benzene rings is 2. The number of aliphatic hydroxyl groups excluding tert-OH is 1. The smallest absolute Gasteiger partial charge is 0.295 e. The number of Topliss-reactive ketones (excluding diaryl/α,β-unsaturated/α-hetero) is 1. The summed E-state index contributed by atoms with van der Waals surface area (Å²) in [6.45, 7) is 5.44. The Bertz CT molecular complexity index is 1170. The number of ether oxygens (including phenoxy) is 4. The number of carbonyl (C=O) groups is 2. The van der Waals surface area contributed by atoms with Crippen LogP contribution in [0.4, 0.5) is 0 Å². The number of likely N-dealkylation sites (tertiary alicyclic amines) is 1. The molecule has 2 aromatic rings. The van der Waals surface area contributed by atoms with Crippen molar-refractivity contribution in [1.82, 2.24) is 9.80 Å². The zero-order chi connectivity index (χ0) is 25.8. The Kier molecular flexibility index (Phi) is 7.81. The first kappa shape index (κ1) is 25.5. The van der Waals surface area contributed by atoms with Gasteiger partial charge in [0.25, 0.3) is 11.7 Å². The van der Waals surface area contributed by atoms with Gasteiger partial charge in [0.05, 0.1) is 46.2 Å². The second kappa shape index (κ2) is 11.0. The first-order valence-electron chi connectivity index (χ1n) is 11.8. The molecular weight excluding hydrogens is 464 g/mol. The lowest BCUT2D eigenvalue weighted by Gasteiger charge is -2.31. The van der Waals surface area contributed by atoms with Crippen LogP contribution in [0, 0.1) is 6.92 Å². The number of nitrogens with zero attached hydrogens (tertiary/aromatic N) is 2. The van der Waals surface area contributed by atoms with E-state index in [0.29, 0.717) is 60.2 Å². The van der Waals surface area contributed by atoms with E-state index in [9.17, 15) is 14.7 Å². The van der Waals surface area contributed by atoms with Crippen LogP contribution in [-0.4, -0.2) is 87.3 Å². The SMILES string of the molecule is COc1ccc(/C(O)=C2\C(=O)C(=O)N(CCN3CCOCC3)[C@H]2c2cc(OC)ccc2OC)c(C)c1. The van der Waals surface area contributed by atoms with Crippen molar-refractivity contribution in [3.63, 3.8) is 0 Å². The molecule has 2 fully saturated rings. The Balaban J connectivity index is 1.84. The zero-order valence-corrected chi connectivity index (χ0v) is 21.1. The van der Waals surface area contributed by atoms with Crippen molar-refractivity contribution in [2.75, 3.05) is 60.7 Å². The summed E-state index contributed by atoms with van der Waals surface area (Å²) in [5, 5.41) is 11.4. The van der Waals surface area contributed by atoms with Crippen molar-refractivity contribution in [2.24, 2.45) is 0 Å². The number of hydrogen-bond donors (Lipinski definition) is 1. The number of carbonyl (C=O) groups excluding carboxylic acids is 2. The number of ketones is 1. The first-order valence-corrected chi connectivity index (χ1v) is 11.8. The van der Waals surface area contributed by atoms with E-state index in [1.165, 1.54) is 12.0 Å². The average molecular weight is 497 g/mol. The van der Waals surface area contributed by atoms with Gasteiger partial charge in [-0.15, -0.1) is 0 Å². The van der Waals surface area contributed by atoms with Crippen LogP contribution in [0.5, 0.6) is 17.2 Å². The number of morpholine rings is 1. The van der Waals surface area contributed by atoms with Gasteiger partial charge in [-0.2, -0.15) is 0 Å². The van der Waals surface area contributed by atoms with Crippen LogP contribution in [0.1, 0.15) is 22.7 Å². The van der Waals surface area contributed by atoms with E-state index < -0.39 is 17.7 Å². The first-order chi connectivity index (χ1) is 17.4. The minimum Gasteiger partial charge on any atom is -0.507 e. The van der Waals surface area contributed by atoms with Crippen LogP contribution < -0.4 is 14.2 Å². The monoisotopic (exact) mass is 496 g/mol. The molecule has 2 aliphatic heterocycles. The van der Waals surface area contributed by atoms with Crippen molar-refractivity contribution in [2.45, 2.75) is 13.0 Å². The fourth-order valence-electron chi connectivity index (χ4n) is 4.73. The maximum atomic E-state index is 13.4. The van der Waals surface area contributed by atoms with E-state index in [4.69, 9.17) is 18.9 Å². The molecule has 36 heavy (non-hydrogen) atoms. The summed E-state index contributed by atoms with van der Waals surface area (Å²) >= 11 is 0. The molecule has 1 N–H and O–H groups in total. The molecule has 0 radical (unpaired) electrons. The van der Waals surface area contributed by atoms with Crippen molar-refractivity contribution in [3.8, 4) is 17.2 Å². The summed E-state index contributed by atoms with van der Waals surface area (Å²) in [5.74, 6) is 0.0188. The van der Waals surface area contributed by atoms with Crippen LogP contribution in [0.25, 0.3) is 5.76 Å². The number of amides is 1. The molecule has 9 heteroatoms. The minimum atomic E-state index is -0.849. The lowest BCUT2D eigenvalue weighted by molar-refractivity contribution is -0.140. The average Bonchev–Trinajstić information content (AvgIpc) is 3.16. The molecule has 9 nitrogen and oxygen atoms in total. The molecule has 0 saturated carbocycles. The lowest BCUT2D eigenvalue weighted by Crippen LogP contribution is -2.42. The van der Waals surface area contributed by atoms with Crippen molar-refractivity contribution < 1.29 is 33.6 Å². The predicted molar refractivity (Wildman–Crippen MR) is 134 cm³/mol. The lowest BCUT2D eigenvalue weighted by atomic mass is 9.93. The zero-order valence-electron chi connectivity index (χ0n) is 21.1. The molecule has 2 heterocycles. The summed E-state index contributed by atoms with van der Waals surface area (Å²) in [7, 11) is 4.63. The normalized spacial score (nSPS) is 20.0. The summed E-state index contributed by atoms with van der Waals surface area (Å²) in [6.07, 6.45) is 0. The topological polar surface area (TPSA) is 97.8 Å². The maximum absolute atomic E-state index is 13.4. The van der Waals surface area contributed by atoms with E-state index in [2.05, 4.69) is 4.90 Å². The molecule has 0 aliphatic carbocycles. The second-order valence-corrected chi connectivity index (χ2v) is 8.74. The highest BCUT2D eigenvalue weighted by Gasteiger charge is 2.47. The maximum Gasteiger partial charge on any atom is 0.295 e. The molecule has 0 spiro atoms. The van der Waals surface area contributed by atoms with Gasteiger partial charge in [-0.05, 0) is 48.9 Å². The van der Waals surface area contributed by atoms with E-state index in [1.807, 2.05) is 6.92 Å². The standard InChI is InChI=1S/C27H32N2O7/c1-17-15-18(33-2)5-7-20(17)25(30)23-24(21-16-19(34-3)6-8-22(21)35-4)29(27(32)26(23)31)10-9-28-11-13-36-14-12-28/h5-8,15-16,24,30H,9-14H2,1-4H3/b25-23+/t24-/m0/s1. The number of aliphatic hydroxyl groups is 1. The number of hydrogen-bond acceptors (Lipinski definition) is 8. The highest BCUT2D eigenvalue weighted by molar-refractivity contribution is 6.46. The van der Waals surface area contributed by atoms with Crippen LogP contribution in [-0.2, 0) is 14.3 Å². The molecule has 0 bridgehead atoms. The summed E-state index contributed by atoms with van der Waals surface area (Å²) < 4.78 is 21.7. The van der Waals surface area contributed by atoms with E-state index in [1.54, 1.807) is 50.6 Å². The highest BCUT2D eigenvalue weighted by atomic mass is 16.5. The van der Waals surface area contributed by atoms with Crippen LogP contribution in [0.3, 0.4) is 0 Å². The van der Waals surface area contributed by atoms with Gasteiger partial charge in [0.1, 0.15) is 23.0 Å². The van der Waals surface area contributed by atoms with Gasteiger partial charge in [0, 0.05) is 37.3 Å². The van der Waals surface area contributed by atoms with Crippen molar-refractivity contribution in [3.05, 3.63) is 58.7 Å². The van der Waals surface area contributed by atoms with Crippen LogP contribution >= 0.6 is 0 Å². The predicted octanol–water partition coefficient (Wildman–Crippen LogP) is 2.77. The molecule has 2 aromatic carbocycles. The molecule has 1 atom stereocenters. The van der Waals surface area contributed by atoms with E-state index >= 15 is 0 Å². The number of rotatable bonds is 8. The molecule has 2 saturated heterocycles. The van der Waals surface area contributed by atoms with Gasteiger partial charge < -0.3 is 29.0 Å². The molecule has 192 valence electrons. The van der Waals surface area contributed by atoms with E-state index in [-0.39, 0.29) is 11.3 Å². The minimum absolute atomic E-state index is 0.0156. The second-order valence-electron chi connectivity index (χ2n) is 8.74. The Morgan fingerprint density at radius 2 is 1.64 bits per heavy atom. The molecule has 0 aromatic heterocycles. The summed E-state index contributed by atoms with van der Waals surface area (Å²) in [4.78, 5) is 30.5. The Morgan fingerprint density at radius 3 is 2.28 bits per heavy atom. The third-order valence-corrected chi connectivity index (χ3v) is 6.72. The Morgan fingerprint density at radius 1 is 0.972 bits per heavy atom. The Labute approximate surface area is 210 Å². The molecule has 4 rings (SSSR count). The van der Waals surface area contributed by atoms with Gasteiger partial charge >= 0.3 is 0 Å². The van der Waals surface area contributed by atoms with Crippen molar-refractivity contribution in [1.29, 1.82) is 0 Å². The molecular formula is C27H32N2O7. The van der Waals surface area contributed by atoms with Gasteiger partial charge in [0.15, 0.2) is 0 Å². The largest absolute Gasteiger partial charge is 0.507 e. The van der Waals surface area contributed by atoms with Gasteiger partial charge in [-0.3, -0.25) is 14.5 Å². The van der Waals surface area contributed by atoms with Gasteiger partial charge in [-0.25, -0.2) is 0 Å². The summed E-state index contributed by atoms with van der Waals surface area (Å²) in [5.41, 5.74) is 1.74. The molecule has 1 amide bonds.